The van der Waals surface area contributed by atoms with Crippen molar-refractivity contribution in [3.63, 3.8) is 0 Å². The van der Waals surface area contributed by atoms with Gasteiger partial charge in [0.15, 0.2) is 0 Å². The Balaban J connectivity index is 1.81. The second-order valence-electron chi connectivity index (χ2n) is 4.48. The van der Waals surface area contributed by atoms with Gasteiger partial charge in [0, 0.05) is 30.6 Å². The highest BCUT2D eigenvalue weighted by molar-refractivity contribution is 7.99. The zero-order valence-electron chi connectivity index (χ0n) is 8.95. The number of thioether (sulfide) groups is 1. The van der Waals surface area contributed by atoms with Crippen LogP contribution in [0.5, 0.6) is 0 Å². The van der Waals surface area contributed by atoms with Crippen molar-refractivity contribution >= 4 is 29.3 Å². The summed E-state index contributed by atoms with van der Waals surface area (Å²) < 4.78 is 0. The average molecular weight is 248 g/mol. The van der Waals surface area contributed by atoms with Crippen LogP contribution in [0, 0.1) is 11.8 Å². The van der Waals surface area contributed by atoms with Gasteiger partial charge in [-0.3, -0.25) is 4.79 Å². The summed E-state index contributed by atoms with van der Waals surface area (Å²) in [6.07, 6.45) is 3.29. The second-order valence-corrected chi connectivity index (χ2v) is 6.00. The number of rotatable bonds is 3. The van der Waals surface area contributed by atoms with E-state index in [1.165, 1.54) is 0 Å². The molecule has 0 aliphatic carbocycles. The summed E-state index contributed by atoms with van der Waals surface area (Å²) in [4.78, 5) is 14.1. The summed E-state index contributed by atoms with van der Waals surface area (Å²) in [5.41, 5.74) is 0. The number of alkyl halides is 1. The number of hydrogen-bond acceptors (Lipinski definition) is 2. The molecule has 2 unspecified atom stereocenters. The van der Waals surface area contributed by atoms with E-state index in [1.807, 2.05) is 11.8 Å². The van der Waals surface area contributed by atoms with Crippen molar-refractivity contribution in [3.05, 3.63) is 0 Å². The third-order valence-corrected chi connectivity index (χ3v) is 4.77. The molecule has 0 N–H and O–H groups in total. The SMILES string of the molecule is O=C(C1CCSC1)N1CCC(CCCl)C1. The number of hydrogen-bond donors (Lipinski definition) is 0. The molecule has 2 aliphatic rings. The number of carbonyl (C=O) groups excluding carboxylic acids is 1. The molecule has 15 heavy (non-hydrogen) atoms. The van der Waals surface area contributed by atoms with Crippen LogP contribution in [0.2, 0.25) is 0 Å². The number of nitrogens with zero attached hydrogens (tertiary/aromatic N) is 1. The minimum Gasteiger partial charge on any atom is -0.342 e. The molecule has 2 aliphatic heterocycles. The first-order chi connectivity index (χ1) is 7.31. The van der Waals surface area contributed by atoms with Crippen LogP contribution in [-0.4, -0.2) is 41.3 Å². The Bertz CT molecular complexity index is 231. The molecule has 0 aromatic heterocycles. The van der Waals surface area contributed by atoms with Gasteiger partial charge in [-0.2, -0.15) is 11.8 Å². The van der Waals surface area contributed by atoms with Gasteiger partial charge in [-0.05, 0) is 30.9 Å². The van der Waals surface area contributed by atoms with E-state index in [0.717, 1.165) is 49.7 Å². The van der Waals surface area contributed by atoms with Crippen LogP contribution in [0.1, 0.15) is 19.3 Å². The number of carbonyl (C=O) groups is 1. The Kier molecular flexibility index (Phi) is 4.21. The van der Waals surface area contributed by atoms with Crippen LogP contribution in [0.4, 0.5) is 0 Å². The minimum atomic E-state index is 0.310. The fourth-order valence-corrected chi connectivity index (χ4v) is 3.93. The van der Waals surface area contributed by atoms with E-state index in [-0.39, 0.29) is 0 Å². The number of amides is 1. The molecule has 86 valence electrons. The molecule has 2 heterocycles. The number of likely N-dealkylation sites (tertiary alicyclic amines) is 1. The molecule has 0 spiro atoms. The standard InChI is InChI=1S/C11H18ClNOS/c12-4-1-9-2-5-13(7-9)11(14)10-3-6-15-8-10/h9-10H,1-8H2. The molecular weight excluding hydrogens is 230 g/mol. The Hall–Kier alpha value is 0.110. The Morgan fingerprint density at radius 1 is 1.47 bits per heavy atom. The molecule has 0 radical (unpaired) electrons. The largest absolute Gasteiger partial charge is 0.342 e. The van der Waals surface area contributed by atoms with E-state index < -0.39 is 0 Å². The van der Waals surface area contributed by atoms with Gasteiger partial charge in [0.1, 0.15) is 0 Å². The van der Waals surface area contributed by atoms with Crippen molar-refractivity contribution in [1.82, 2.24) is 4.90 Å². The van der Waals surface area contributed by atoms with Crippen molar-refractivity contribution in [3.8, 4) is 0 Å². The quantitative estimate of drug-likeness (QED) is 0.713. The van der Waals surface area contributed by atoms with E-state index in [4.69, 9.17) is 11.6 Å². The maximum Gasteiger partial charge on any atom is 0.226 e. The molecule has 2 saturated heterocycles. The van der Waals surface area contributed by atoms with Crippen molar-refractivity contribution in [2.24, 2.45) is 11.8 Å². The zero-order valence-corrected chi connectivity index (χ0v) is 10.5. The number of halogens is 1. The lowest BCUT2D eigenvalue weighted by molar-refractivity contribution is -0.133. The van der Waals surface area contributed by atoms with Crippen LogP contribution in [0.3, 0.4) is 0 Å². The van der Waals surface area contributed by atoms with Gasteiger partial charge in [-0.15, -0.1) is 11.6 Å². The molecule has 2 nitrogen and oxygen atoms in total. The van der Waals surface area contributed by atoms with E-state index >= 15 is 0 Å². The Morgan fingerprint density at radius 3 is 3.00 bits per heavy atom. The summed E-state index contributed by atoms with van der Waals surface area (Å²) in [7, 11) is 0. The predicted octanol–water partition coefficient (Wildman–Crippen LogP) is 2.22. The Morgan fingerprint density at radius 2 is 2.33 bits per heavy atom. The fraction of sp³-hybridized carbons (Fsp3) is 0.909. The highest BCUT2D eigenvalue weighted by atomic mass is 35.5. The topological polar surface area (TPSA) is 20.3 Å². The van der Waals surface area contributed by atoms with Crippen LogP contribution in [-0.2, 0) is 4.79 Å². The van der Waals surface area contributed by atoms with E-state index in [2.05, 4.69) is 4.90 Å². The van der Waals surface area contributed by atoms with E-state index in [9.17, 15) is 4.79 Å². The fourth-order valence-electron chi connectivity index (χ4n) is 2.41. The molecule has 1 amide bonds. The van der Waals surface area contributed by atoms with E-state index in [0.29, 0.717) is 17.7 Å². The maximum atomic E-state index is 12.1. The highest BCUT2D eigenvalue weighted by Gasteiger charge is 2.32. The van der Waals surface area contributed by atoms with Gasteiger partial charge in [0.05, 0.1) is 0 Å². The van der Waals surface area contributed by atoms with Crippen LogP contribution >= 0.6 is 23.4 Å². The summed E-state index contributed by atoms with van der Waals surface area (Å²) in [5.74, 6) is 4.29. The first kappa shape index (κ1) is 11.6. The van der Waals surface area contributed by atoms with Crippen molar-refractivity contribution < 1.29 is 4.79 Å². The van der Waals surface area contributed by atoms with Gasteiger partial charge in [-0.1, -0.05) is 0 Å². The first-order valence-corrected chi connectivity index (χ1v) is 7.42. The average Bonchev–Trinajstić information content (AvgIpc) is 2.87. The summed E-state index contributed by atoms with van der Waals surface area (Å²) in [5, 5.41) is 0. The molecule has 0 saturated carbocycles. The van der Waals surface area contributed by atoms with Crippen molar-refractivity contribution in [2.75, 3.05) is 30.5 Å². The summed E-state index contributed by atoms with van der Waals surface area (Å²) in [6.45, 7) is 1.91. The van der Waals surface area contributed by atoms with Crippen LogP contribution in [0.15, 0.2) is 0 Å². The van der Waals surface area contributed by atoms with Crippen LogP contribution in [0.25, 0.3) is 0 Å². The summed E-state index contributed by atoms with van der Waals surface area (Å²) in [6, 6.07) is 0. The molecule has 0 bridgehead atoms. The highest BCUT2D eigenvalue weighted by Crippen LogP contribution is 2.28. The lowest BCUT2D eigenvalue weighted by atomic mass is 10.1. The second kappa shape index (κ2) is 5.44. The first-order valence-electron chi connectivity index (χ1n) is 5.73. The molecule has 4 heteroatoms. The van der Waals surface area contributed by atoms with Crippen molar-refractivity contribution in [2.45, 2.75) is 19.3 Å². The monoisotopic (exact) mass is 247 g/mol. The van der Waals surface area contributed by atoms with Gasteiger partial charge in [0.2, 0.25) is 5.91 Å². The van der Waals surface area contributed by atoms with Crippen LogP contribution < -0.4 is 0 Å². The van der Waals surface area contributed by atoms with E-state index in [1.54, 1.807) is 0 Å². The van der Waals surface area contributed by atoms with Gasteiger partial charge < -0.3 is 4.90 Å². The zero-order chi connectivity index (χ0) is 10.7. The van der Waals surface area contributed by atoms with Gasteiger partial charge >= 0.3 is 0 Å². The molecule has 0 aromatic rings. The molecular formula is C11H18ClNOS. The predicted molar refractivity (Wildman–Crippen MR) is 65.5 cm³/mol. The Labute approximate surface area is 101 Å². The summed E-state index contributed by atoms with van der Waals surface area (Å²) >= 11 is 7.64. The molecule has 2 rings (SSSR count). The maximum absolute atomic E-state index is 12.1. The molecule has 0 aromatic carbocycles. The minimum absolute atomic E-state index is 0.310. The van der Waals surface area contributed by atoms with Gasteiger partial charge in [0.25, 0.3) is 0 Å². The smallest absolute Gasteiger partial charge is 0.226 e. The lowest BCUT2D eigenvalue weighted by Crippen LogP contribution is -2.34. The normalized spacial score (nSPS) is 31.1. The molecule has 2 fully saturated rings. The van der Waals surface area contributed by atoms with Crippen molar-refractivity contribution in [1.29, 1.82) is 0 Å². The molecule has 2 atom stereocenters. The third-order valence-electron chi connectivity index (χ3n) is 3.39. The van der Waals surface area contributed by atoms with Gasteiger partial charge in [-0.25, -0.2) is 0 Å². The third kappa shape index (κ3) is 2.82. The lowest BCUT2D eigenvalue weighted by Gasteiger charge is -2.20.